The lowest BCUT2D eigenvalue weighted by Gasteiger charge is -2.17. The summed E-state index contributed by atoms with van der Waals surface area (Å²) < 4.78 is 5.50. The molecule has 0 saturated carbocycles. The van der Waals surface area contributed by atoms with Gasteiger partial charge >= 0.3 is 0 Å². The van der Waals surface area contributed by atoms with Crippen molar-refractivity contribution in [1.29, 1.82) is 0 Å². The molecule has 2 aromatic rings. The van der Waals surface area contributed by atoms with Crippen LogP contribution in [0.2, 0.25) is 0 Å². The highest BCUT2D eigenvalue weighted by molar-refractivity contribution is 6.14. The summed E-state index contributed by atoms with van der Waals surface area (Å²) in [6, 6.07) is 13.3. The number of ketones is 1. The van der Waals surface area contributed by atoms with Crippen LogP contribution in [0.5, 0.6) is 11.5 Å². The van der Waals surface area contributed by atoms with Crippen molar-refractivity contribution in [3.8, 4) is 11.5 Å². The van der Waals surface area contributed by atoms with E-state index in [9.17, 15) is 15.0 Å². The highest BCUT2D eigenvalue weighted by Gasteiger charge is 2.21. The van der Waals surface area contributed by atoms with E-state index in [0.717, 1.165) is 11.1 Å². The highest BCUT2D eigenvalue weighted by Crippen LogP contribution is 2.21. The molecule has 2 N–H and O–H groups in total. The Labute approximate surface area is 134 Å². The monoisotopic (exact) mass is 308 g/mol. The maximum Gasteiger partial charge on any atom is 0.189 e. The van der Waals surface area contributed by atoms with Crippen molar-refractivity contribution in [3.63, 3.8) is 0 Å². The van der Waals surface area contributed by atoms with E-state index in [1.807, 2.05) is 0 Å². The summed E-state index contributed by atoms with van der Waals surface area (Å²) >= 11 is 0. The predicted octanol–water partition coefficient (Wildman–Crippen LogP) is 3.16. The third-order valence-electron chi connectivity index (χ3n) is 3.57. The number of rotatable bonds is 2. The molecule has 3 rings (SSSR count). The van der Waals surface area contributed by atoms with E-state index in [0.29, 0.717) is 11.1 Å². The summed E-state index contributed by atoms with van der Waals surface area (Å²) in [4.78, 5) is 12.6. The minimum Gasteiger partial charge on any atom is -0.508 e. The molecule has 0 spiro atoms. The lowest BCUT2D eigenvalue weighted by Crippen LogP contribution is -2.21. The van der Waals surface area contributed by atoms with E-state index in [2.05, 4.69) is 0 Å². The molecule has 0 unspecified atom stereocenters. The number of carbonyl (C=O) groups excluding carboxylic acids is 1. The van der Waals surface area contributed by atoms with E-state index in [1.54, 1.807) is 60.7 Å². The minimum atomic E-state index is -0.0441. The Bertz CT molecular complexity index is 703. The maximum atomic E-state index is 12.6. The Kier molecular flexibility index (Phi) is 4.26. The second-order valence-corrected chi connectivity index (χ2v) is 5.34. The van der Waals surface area contributed by atoms with E-state index in [4.69, 9.17) is 4.74 Å². The van der Waals surface area contributed by atoms with Gasteiger partial charge in [-0.3, -0.25) is 4.79 Å². The molecule has 116 valence electrons. The standard InChI is InChI=1S/C19H16O4/c20-17-5-1-13(2-6-17)9-15-11-23-12-16(19(15)22)10-14-3-7-18(21)8-4-14/h1-10,20-21H,11-12H2/b15-9+,16-10+. The van der Waals surface area contributed by atoms with Crippen LogP contribution in [0.4, 0.5) is 0 Å². The fourth-order valence-corrected chi connectivity index (χ4v) is 2.37. The molecule has 1 aliphatic heterocycles. The molecule has 4 heteroatoms. The second kappa shape index (κ2) is 6.50. The van der Waals surface area contributed by atoms with Gasteiger partial charge in [0.1, 0.15) is 11.5 Å². The SMILES string of the molecule is O=C1/C(=C/c2ccc(O)cc2)COC/C1=C\c1ccc(O)cc1. The number of phenols is 2. The Morgan fingerprint density at radius 3 is 1.52 bits per heavy atom. The molecule has 0 amide bonds. The van der Waals surface area contributed by atoms with Crippen LogP contribution in [0.1, 0.15) is 11.1 Å². The first kappa shape index (κ1) is 15.1. The van der Waals surface area contributed by atoms with Crippen molar-refractivity contribution in [1.82, 2.24) is 0 Å². The van der Waals surface area contributed by atoms with Gasteiger partial charge < -0.3 is 14.9 Å². The molecule has 0 bridgehead atoms. The van der Waals surface area contributed by atoms with Crippen molar-refractivity contribution in [3.05, 3.63) is 70.8 Å². The topological polar surface area (TPSA) is 66.8 Å². The normalized spacial score (nSPS) is 18.5. The van der Waals surface area contributed by atoms with Crippen LogP contribution in [-0.4, -0.2) is 29.2 Å². The summed E-state index contributed by atoms with van der Waals surface area (Å²) in [5, 5.41) is 18.6. The Morgan fingerprint density at radius 2 is 1.13 bits per heavy atom. The van der Waals surface area contributed by atoms with Gasteiger partial charge in [0.2, 0.25) is 0 Å². The third-order valence-corrected chi connectivity index (χ3v) is 3.57. The zero-order valence-electron chi connectivity index (χ0n) is 12.4. The molecule has 0 aliphatic carbocycles. The fraction of sp³-hybridized carbons (Fsp3) is 0.105. The van der Waals surface area contributed by atoms with Gasteiger partial charge in [-0.2, -0.15) is 0 Å². The zero-order valence-corrected chi connectivity index (χ0v) is 12.4. The van der Waals surface area contributed by atoms with Gasteiger partial charge in [-0.1, -0.05) is 24.3 Å². The molecular weight excluding hydrogens is 292 g/mol. The smallest absolute Gasteiger partial charge is 0.189 e. The molecule has 1 aliphatic rings. The van der Waals surface area contributed by atoms with E-state index in [-0.39, 0.29) is 30.5 Å². The van der Waals surface area contributed by atoms with Gasteiger partial charge in [0, 0.05) is 11.1 Å². The molecule has 1 saturated heterocycles. The summed E-state index contributed by atoms with van der Waals surface area (Å²) in [5.41, 5.74) is 2.82. The van der Waals surface area contributed by atoms with Crippen molar-refractivity contribution < 1.29 is 19.7 Å². The van der Waals surface area contributed by atoms with E-state index in [1.165, 1.54) is 0 Å². The summed E-state index contributed by atoms with van der Waals surface area (Å²) in [5.74, 6) is 0.329. The molecule has 4 nitrogen and oxygen atoms in total. The van der Waals surface area contributed by atoms with Crippen LogP contribution >= 0.6 is 0 Å². The summed E-state index contributed by atoms with van der Waals surface area (Å²) in [6.45, 7) is 0.541. The molecule has 1 heterocycles. The average Bonchev–Trinajstić information content (AvgIpc) is 2.55. The average molecular weight is 308 g/mol. The van der Waals surface area contributed by atoms with Crippen molar-refractivity contribution in [2.75, 3.05) is 13.2 Å². The Morgan fingerprint density at radius 1 is 0.739 bits per heavy atom. The van der Waals surface area contributed by atoms with Crippen LogP contribution in [-0.2, 0) is 9.53 Å². The number of aromatic hydroxyl groups is 2. The van der Waals surface area contributed by atoms with E-state index >= 15 is 0 Å². The van der Waals surface area contributed by atoms with Crippen LogP contribution in [0.15, 0.2) is 59.7 Å². The minimum absolute atomic E-state index is 0.0441. The van der Waals surface area contributed by atoms with Gasteiger partial charge in [0.15, 0.2) is 5.78 Å². The zero-order chi connectivity index (χ0) is 16.2. The summed E-state index contributed by atoms with van der Waals surface area (Å²) in [6.07, 6.45) is 3.54. The first-order valence-electron chi connectivity index (χ1n) is 7.23. The first-order valence-corrected chi connectivity index (χ1v) is 7.23. The number of phenolic OH excluding ortho intramolecular Hbond substituents is 2. The van der Waals surface area contributed by atoms with Crippen molar-refractivity contribution >= 4 is 17.9 Å². The number of benzene rings is 2. The molecule has 2 aromatic carbocycles. The Hall–Kier alpha value is -2.85. The molecule has 0 aromatic heterocycles. The molecule has 0 atom stereocenters. The van der Waals surface area contributed by atoms with Gasteiger partial charge in [0.25, 0.3) is 0 Å². The number of carbonyl (C=O) groups is 1. The van der Waals surface area contributed by atoms with Gasteiger partial charge in [0.05, 0.1) is 13.2 Å². The summed E-state index contributed by atoms with van der Waals surface area (Å²) in [7, 11) is 0. The van der Waals surface area contributed by atoms with Crippen molar-refractivity contribution in [2.24, 2.45) is 0 Å². The lowest BCUT2D eigenvalue weighted by molar-refractivity contribution is -0.114. The number of Topliss-reactive ketones (excluding diaryl/α,β-unsaturated/α-hetero) is 1. The number of ether oxygens (including phenoxy) is 1. The van der Waals surface area contributed by atoms with Gasteiger partial charge in [-0.25, -0.2) is 0 Å². The van der Waals surface area contributed by atoms with Crippen molar-refractivity contribution in [2.45, 2.75) is 0 Å². The van der Waals surface area contributed by atoms with Crippen LogP contribution in [0.3, 0.4) is 0 Å². The predicted molar refractivity (Wildman–Crippen MR) is 88.0 cm³/mol. The lowest BCUT2D eigenvalue weighted by atomic mass is 9.98. The first-order chi connectivity index (χ1) is 11.1. The highest BCUT2D eigenvalue weighted by atomic mass is 16.5. The maximum absolute atomic E-state index is 12.6. The number of hydrogen-bond acceptors (Lipinski definition) is 4. The molecular formula is C19H16O4. The van der Waals surface area contributed by atoms with Crippen LogP contribution in [0, 0.1) is 0 Å². The molecule has 0 radical (unpaired) electrons. The van der Waals surface area contributed by atoms with Gasteiger partial charge in [-0.05, 0) is 47.5 Å². The van der Waals surface area contributed by atoms with Crippen LogP contribution < -0.4 is 0 Å². The third kappa shape index (κ3) is 3.67. The number of hydrogen-bond donors (Lipinski definition) is 2. The largest absolute Gasteiger partial charge is 0.508 e. The van der Waals surface area contributed by atoms with Gasteiger partial charge in [-0.15, -0.1) is 0 Å². The quantitative estimate of drug-likeness (QED) is 0.836. The Balaban J connectivity index is 1.86. The van der Waals surface area contributed by atoms with E-state index < -0.39 is 0 Å². The fourth-order valence-electron chi connectivity index (χ4n) is 2.37. The second-order valence-electron chi connectivity index (χ2n) is 5.34. The molecule has 1 fully saturated rings. The molecule has 23 heavy (non-hydrogen) atoms. The van der Waals surface area contributed by atoms with Crippen LogP contribution in [0.25, 0.3) is 12.2 Å².